The molecule has 0 aromatic carbocycles. The number of aromatic nitrogens is 1. The summed E-state index contributed by atoms with van der Waals surface area (Å²) >= 11 is 0. The molecule has 0 saturated carbocycles. The minimum atomic E-state index is 0.0454. The van der Waals surface area contributed by atoms with Crippen LogP contribution in [0.1, 0.15) is 90.1 Å². The largest absolute Gasteiger partial charge is 0.467 e. The maximum absolute atomic E-state index is 5.87. The Kier molecular flexibility index (Phi) is 7.84. The van der Waals surface area contributed by atoms with Crippen LogP contribution in [0.4, 0.5) is 0 Å². The predicted molar refractivity (Wildman–Crippen MR) is 88.0 cm³/mol. The summed E-state index contributed by atoms with van der Waals surface area (Å²) in [5.41, 5.74) is 0.908. The van der Waals surface area contributed by atoms with E-state index >= 15 is 0 Å². The van der Waals surface area contributed by atoms with E-state index in [1.165, 1.54) is 44.9 Å². The van der Waals surface area contributed by atoms with E-state index in [1.807, 2.05) is 6.92 Å². The van der Waals surface area contributed by atoms with Crippen LogP contribution in [0.3, 0.4) is 0 Å². The molecule has 0 bridgehead atoms. The van der Waals surface area contributed by atoms with Gasteiger partial charge in [0, 0.05) is 5.41 Å². The maximum atomic E-state index is 5.87. The van der Waals surface area contributed by atoms with Gasteiger partial charge in [-0.1, -0.05) is 65.7 Å². The van der Waals surface area contributed by atoms with Crippen LogP contribution in [0.25, 0.3) is 0 Å². The Balaban J connectivity index is 2.71. The fourth-order valence-electron chi connectivity index (χ4n) is 2.85. The van der Waals surface area contributed by atoms with Crippen LogP contribution in [-0.2, 0) is 5.41 Å². The summed E-state index contributed by atoms with van der Waals surface area (Å²) in [5.74, 6) is 1.43. The van der Waals surface area contributed by atoms with Crippen LogP contribution in [0.2, 0.25) is 0 Å². The standard InChI is InChI=1S/C18H33NO2/c1-6-8-10-11-12-14-18(4,13-9-7-2)17-19-15(3)16(20-5)21-17/h6-14H2,1-5H3. The zero-order valence-corrected chi connectivity index (χ0v) is 14.6. The first-order valence-corrected chi connectivity index (χ1v) is 8.59. The van der Waals surface area contributed by atoms with Gasteiger partial charge in [0.1, 0.15) is 5.69 Å². The van der Waals surface area contributed by atoms with Crippen molar-refractivity contribution in [3.05, 3.63) is 11.6 Å². The Hall–Kier alpha value is -0.990. The van der Waals surface area contributed by atoms with Gasteiger partial charge < -0.3 is 9.15 Å². The molecule has 0 N–H and O–H groups in total. The third kappa shape index (κ3) is 5.37. The summed E-state index contributed by atoms with van der Waals surface area (Å²) in [6, 6.07) is 0. The number of aryl methyl sites for hydroxylation is 1. The predicted octanol–water partition coefficient (Wildman–Crippen LogP) is 5.80. The highest BCUT2D eigenvalue weighted by Crippen LogP contribution is 2.37. The molecule has 0 aliphatic carbocycles. The Bertz CT molecular complexity index is 400. The molecule has 1 aromatic rings. The quantitative estimate of drug-likeness (QED) is 0.484. The second kappa shape index (κ2) is 9.11. The molecule has 1 atom stereocenters. The Morgan fingerprint density at radius 1 is 1.00 bits per heavy atom. The summed E-state index contributed by atoms with van der Waals surface area (Å²) in [6.07, 6.45) is 11.3. The number of unbranched alkanes of at least 4 members (excludes halogenated alkanes) is 5. The molecule has 0 radical (unpaired) electrons. The van der Waals surface area contributed by atoms with Gasteiger partial charge in [-0.2, -0.15) is 0 Å². The summed E-state index contributed by atoms with van der Waals surface area (Å²) in [5, 5.41) is 0. The summed E-state index contributed by atoms with van der Waals surface area (Å²) in [4.78, 5) is 4.63. The maximum Gasteiger partial charge on any atom is 0.307 e. The van der Waals surface area contributed by atoms with E-state index < -0.39 is 0 Å². The van der Waals surface area contributed by atoms with Gasteiger partial charge in [-0.3, -0.25) is 0 Å². The molecule has 0 saturated heterocycles. The first-order valence-electron chi connectivity index (χ1n) is 8.59. The lowest BCUT2D eigenvalue weighted by Crippen LogP contribution is -2.22. The minimum Gasteiger partial charge on any atom is -0.467 e. The van der Waals surface area contributed by atoms with E-state index in [0.717, 1.165) is 24.4 Å². The second-order valence-electron chi connectivity index (χ2n) is 6.42. The highest BCUT2D eigenvalue weighted by molar-refractivity contribution is 5.17. The molecule has 0 fully saturated rings. The topological polar surface area (TPSA) is 35.3 Å². The molecule has 1 heterocycles. The number of ether oxygens (including phenoxy) is 1. The lowest BCUT2D eigenvalue weighted by molar-refractivity contribution is 0.241. The van der Waals surface area contributed by atoms with Crippen molar-refractivity contribution in [1.29, 1.82) is 0 Å². The van der Waals surface area contributed by atoms with Crippen LogP contribution in [0.15, 0.2) is 4.42 Å². The number of hydrogen-bond acceptors (Lipinski definition) is 3. The van der Waals surface area contributed by atoms with Crippen molar-refractivity contribution in [2.45, 2.75) is 90.9 Å². The highest BCUT2D eigenvalue weighted by atomic mass is 16.6. The normalized spacial score (nSPS) is 14.1. The molecular weight excluding hydrogens is 262 g/mol. The van der Waals surface area contributed by atoms with Crippen LogP contribution >= 0.6 is 0 Å². The van der Waals surface area contributed by atoms with Gasteiger partial charge in [-0.05, 0) is 19.8 Å². The molecule has 21 heavy (non-hydrogen) atoms. The molecule has 1 rings (SSSR count). The summed E-state index contributed by atoms with van der Waals surface area (Å²) in [6.45, 7) is 8.75. The molecule has 122 valence electrons. The molecule has 0 aliphatic heterocycles. The van der Waals surface area contributed by atoms with Crippen molar-refractivity contribution < 1.29 is 9.15 Å². The van der Waals surface area contributed by atoms with E-state index in [2.05, 4.69) is 25.8 Å². The van der Waals surface area contributed by atoms with Crippen LogP contribution in [0, 0.1) is 6.92 Å². The molecule has 0 spiro atoms. The Morgan fingerprint density at radius 3 is 2.19 bits per heavy atom. The van der Waals surface area contributed by atoms with Crippen molar-refractivity contribution in [2.24, 2.45) is 0 Å². The van der Waals surface area contributed by atoms with Crippen molar-refractivity contribution in [2.75, 3.05) is 7.11 Å². The number of methoxy groups -OCH3 is 1. The second-order valence-corrected chi connectivity index (χ2v) is 6.42. The van der Waals surface area contributed by atoms with Gasteiger partial charge >= 0.3 is 5.95 Å². The van der Waals surface area contributed by atoms with Crippen molar-refractivity contribution in [3.63, 3.8) is 0 Å². The Morgan fingerprint density at radius 2 is 1.62 bits per heavy atom. The van der Waals surface area contributed by atoms with Crippen LogP contribution < -0.4 is 4.74 Å². The SMILES string of the molecule is CCCCCCCC(C)(CCCC)c1nc(C)c(OC)o1. The monoisotopic (exact) mass is 295 g/mol. The van der Waals surface area contributed by atoms with Crippen LogP contribution in [0.5, 0.6) is 5.95 Å². The molecule has 0 amide bonds. The zero-order valence-electron chi connectivity index (χ0n) is 14.6. The number of hydrogen-bond donors (Lipinski definition) is 0. The van der Waals surface area contributed by atoms with E-state index in [9.17, 15) is 0 Å². The zero-order chi connectivity index (χ0) is 15.7. The molecule has 0 aliphatic rings. The van der Waals surface area contributed by atoms with Gasteiger partial charge in [0.05, 0.1) is 7.11 Å². The molecule has 1 unspecified atom stereocenters. The molecular formula is C18H33NO2. The minimum absolute atomic E-state index is 0.0454. The van der Waals surface area contributed by atoms with Crippen molar-refractivity contribution >= 4 is 0 Å². The van der Waals surface area contributed by atoms with Crippen molar-refractivity contribution in [3.8, 4) is 5.95 Å². The fourth-order valence-corrected chi connectivity index (χ4v) is 2.85. The van der Waals surface area contributed by atoms with Gasteiger partial charge in [0.25, 0.3) is 0 Å². The average molecular weight is 295 g/mol. The molecule has 3 nitrogen and oxygen atoms in total. The summed E-state index contributed by atoms with van der Waals surface area (Å²) in [7, 11) is 1.64. The van der Waals surface area contributed by atoms with Crippen molar-refractivity contribution in [1.82, 2.24) is 4.98 Å². The third-order valence-electron chi connectivity index (χ3n) is 4.37. The van der Waals surface area contributed by atoms with Gasteiger partial charge in [-0.15, -0.1) is 0 Å². The van der Waals surface area contributed by atoms with E-state index in [4.69, 9.17) is 9.15 Å². The number of oxazole rings is 1. The molecule has 3 heteroatoms. The van der Waals surface area contributed by atoms with Crippen LogP contribution in [-0.4, -0.2) is 12.1 Å². The van der Waals surface area contributed by atoms with E-state index in [1.54, 1.807) is 7.11 Å². The first kappa shape index (κ1) is 18.1. The summed E-state index contributed by atoms with van der Waals surface area (Å²) < 4.78 is 11.1. The third-order valence-corrected chi connectivity index (χ3v) is 4.37. The van der Waals surface area contributed by atoms with Gasteiger partial charge in [0.2, 0.25) is 5.89 Å². The fraction of sp³-hybridized carbons (Fsp3) is 0.833. The molecule has 1 aromatic heterocycles. The Labute approximate surface area is 130 Å². The van der Waals surface area contributed by atoms with Gasteiger partial charge in [0.15, 0.2) is 0 Å². The van der Waals surface area contributed by atoms with Gasteiger partial charge in [-0.25, -0.2) is 4.98 Å². The lowest BCUT2D eigenvalue weighted by atomic mass is 9.79. The van der Waals surface area contributed by atoms with E-state index in [0.29, 0.717) is 5.95 Å². The van der Waals surface area contributed by atoms with E-state index in [-0.39, 0.29) is 5.41 Å². The highest BCUT2D eigenvalue weighted by Gasteiger charge is 2.32. The smallest absolute Gasteiger partial charge is 0.307 e. The first-order chi connectivity index (χ1) is 10.1. The number of rotatable bonds is 11. The lowest BCUT2D eigenvalue weighted by Gasteiger charge is -2.26. The number of nitrogens with zero attached hydrogens (tertiary/aromatic N) is 1. The average Bonchev–Trinajstić information content (AvgIpc) is 2.86.